The van der Waals surface area contributed by atoms with Gasteiger partial charge in [0.25, 0.3) is 0 Å². The quantitative estimate of drug-likeness (QED) is 0.657. The normalized spacial score (nSPS) is 11.6. The van der Waals surface area contributed by atoms with Crippen molar-refractivity contribution in [3.8, 4) is 11.1 Å². The van der Waals surface area contributed by atoms with Crippen molar-refractivity contribution in [3.05, 3.63) is 58.6 Å². The molecule has 0 radical (unpaired) electrons. The van der Waals surface area contributed by atoms with E-state index in [1.807, 2.05) is 0 Å². The van der Waals surface area contributed by atoms with Gasteiger partial charge in [-0.25, -0.2) is 0 Å². The minimum absolute atomic E-state index is 0.180. The lowest BCUT2D eigenvalue weighted by atomic mass is 9.96. The number of halogens is 4. The molecule has 2 rings (SSSR count). The molecule has 0 nitrogen and oxygen atoms in total. The van der Waals surface area contributed by atoms with Gasteiger partial charge < -0.3 is 0 Å². The first-order valence-electron chi connectivity index (χ1n) is 5.32. The lowest BCUT2D eigenvalue weighted by Gasteiger charge is -2.14. The van der Waals surface area contributed by atoms with Crippen LogP contribution in [0.3, 0.4) is 0 Å². The smallest absolute Gasteiger partial charge is 0.166 e. The fourth-order valence-electron chi connectivity index (χ4n) is 1.89. The van der Waals surface area contributed by atoms with Crippen LogP contribution in [0.15, 0.2) is 42.5 Å². The van der Waals surface area contributed by atoms with Gasteiger partial charge in [0.15, 0.2) is 0 Å². The molecule has 0 N–H and O–H groups in total. The Bertz CT molecular complexity index is 573. The summed E-state index contributed by atoms with van der Waals surface area (Å²) in [4.78, 5) is 0. The molecule has 0 aliphatic heterocycles. The zero-order chi connectivity index (χ0) is 13.3. The summed E-state index contributed by atoms with van der Waals surface area (Å²) in [5.74, 6) is 0. The molecule has 0 saturated heterocycles. The molecule has 0 bridgehead atoms. The van der Waals surface area contributed by atoms with Gasteiger partial charge in [-0.05, 0) is 41.8 Å². The van der Waals surface area contributed by atoms with E-state index < -0.39 is 11.7 Å². The summed E-state index contributed by atoms with van der Waals surface area (Å²) in [5, 5.41) is 0.515. The maximum atomic E-state index is 12.9. The van der Waals surface area contributed by atoms with Crippen LogP contribution >= 0.6 is 11.6 Å². The lowest BCUT2D eigenvalue weighted by Crippen LogP contribution is -2.07. The molecule has 94 valence electrons. The van der Waals surface area contributed by atoms with Crippen molar-refractivity contribution in [1.82, 2.24) is 0 Å². The molecule has 0 amide bonds. The van der Waals surface area contributed by atoms with Crippen molar-refractivity contribution in [2.24, 2.45) is 0 Å². The molecular weight excluding hydrogens is 261 g/mol. The molecule has 0 atom stereocenters. The highest BCUT2D eigenvalue weighted by Gasteiger charge is 2.33. The summed E-state index contributed by atoms with van der Waals surface area (Å²) in [7, 11) is 0. The van der Waals surface area contributed by atoms with Crippen molar-refractivity contribution in [3.63, 3.8) is 0 Å². The highest BCUT2D eigenvalue weighted by Crippen LogP contribution is 2.38. The van der Waals surface area contributed by atoms with Gasteiger partial charge in [0.2, 0.25) is 0 Å². The van der Waals surface area contributed by atoms with E-state index in [0.29, 0.717) is 10.6 Å². The fourth-order valence-corrected chi connectivity index (χ4v) is 2.12. The van der Waals surface area contributed by atoms with Crippen LogP contribution in [0.1, 0.15) is 11.1 Å². The van der Waals surface area contributed by atoms with Gasteiger partial charge in [-0.1, -0.05) is 35.9 Å². The highest BCUT2D eigenvalue weighted by molar-refractivity contribution is 6.30. The van der Waals surface area contributed by atoms with E-state index in [0.717, 1.165) is 11.6 Å². The molecule has 0 aliphatic rings. The van der Waals surface area contributed by atoms with E-state index in [-0.39, 0.29) is 5.56 Å². The minimum Gasteiger partial charge on any atom is -0.166 e. The zero-order valence-corrected chi connectivity index (χ0v) is 10.3. The van der Waals surface area contributed by atoms with Gasteiger partial charge >= 0.3 is 6.18 Å². The van der Waals surface area contributed by atoms with Gasteiger partial charge in [-0.2, -0.15) is 13.2 Å². The first-order chi connectivity index (χ1) is 8.39. The summed E-state index contributed by atoms with van der Waals surface area (Å²) in [6.45, 7) is 1.74. The molecule has 0 fully saturated rings. The molecular formula is C14H10ClF3. The second-order valence-corrected chi connectivity index (χ2v) is 4.44. The van der Waals surface area contributed by atoms with Crippen molar-refractivity contribution in [2.45, 2.75) is 13.1 Å². The maximum absolute atomic E-state index is 12.9. The molecule has 4 heteroatoms. The highest BCUT2D eigenvalue weighted by atomic mass is 35.5. The van der Waals surface area contributed by atoms with Crippen LogP contribution in [-0.2, 0) is 6.18 Å². The Morgan fingerprint density at radius 3 is 2.22 bits per heavy atom. The average Bonchev–Trinajstić information content (AvgIpc) is 2.28. The van der Waals surface area contributed by atoms with E-state index >= 15 is 0 Å². The summed E-state index contributed by atoms with van der Waals surface area (Å²) in [6, 6.07) is 10.4. The maximum Gasteiger partial charge on any atom is 0.417 e. The topological polar surface area (TPSA) is 0 Å². The van der Waals surface area contributed by atoms with Crippen molar-refractivity contribution >= 4 is 11.6 Å². The van der Waals surface area contributed by atoms with E-state index in [1.54, 1.807) is 31.2 Å². The fraction of sp³-hybridized carbons (Fsp3) is 0.143. The minimum atomic E-state index is -4.36. The van der Waals surface area contributed by atoms with Crippen molar-refractivity contribution in [1.29, 1.82) is 0 Å². The van der Waals surface area contributed by atoms with Gasteiger partial charge in [-0.15, -0.1) is 0 Å². The van der Waals surface area contributed by atoms with E-state index in [9.17, 15) is 13.2 Å². The first kappa shape index (κ1) is 13.0. The first-order valence-corrected chi connectivity index (χ1v) is 5.70. The molecule has 0 aliphatic carbocycles. The summed E-state index contributed by atoms with van der Waals surface area (Å²) in [6.07, 6.45) is -4.36. The average molecular weight is 271 g/mol. The predicted octanol–water partition coefficient (Wildman–Crippen LogP) is 5.33. The number of hydrogen-bond donors (Lipinski definition) is 0. The van der Waals surface area contributed by atoms with E-state index in [2.05, 4.69) is 0 Å². The third kappa shape index (κ3) is 2.51. The Labute approximate surface area is 108 Å². The van der Waals surface area contributed by atoms with Crippen molar-refractivity contribution < 1.29 is 13.2 Å². The van der Waals surface area contributed by atoms with Gasteiger partial charge in [0.1, 0.15) is 0 Å². The van der Waals surface area contributed by atoms with Crippen LogP contribution in [-0.4, -0.2) is 0 Å². The molecule has 2 aromatic rings. The second kappa shape index (κ2) is 4.65. The van der Waals surface area contributed by atoms with Crippen LogP contribution in [0.5, 0.6) is 0 Å². The molecule has 0 spiro atoms. The summed E-state index contributed by atoms with van der Waals surface area (Å²) >= 11 is 5.81. The molecule has 0 unspecified atom stereocenters. The van der Waals surface area contributed by atoms with Gasteiger partial charge in [0.05, 0.1) is 5.56 Å². The molecule has 0 aromatic heterocycles. The van der Waals surface area contributed by atoms with Crippen LogP contribution < -0.4 is 0 Å². The number of benzene rings is 2. The van der Waals surface area contributed by atoms with Gasteiger partial charge in [-0.3, -0.25) is 0 Å². The number of hydrogen-bond acceptors (Lipinski definition) is 0. The lowest BCUT2D eigenvalue weighted by molar-refractivity contribution is -0.137. The molecule has 2 aromatic carbocycles. The molecule has 18 heavy (non-hydrogen) atoms. The standard InChI is InChI=1S/C14H10ClF3/c1-9-8-10(15)6-7-11(9)12-4-2-3-5-13(12)14(16,17)18/h2-8H,1H3. The summed E-state index contributed by atoms with van der Waals surface area (Å²) in [5.41, 5.74) is 0.820. The van der Waals surface area contributed by atoms with E-state index in [1.165, 1.54) is 12.1 Å². The number of alkyl halides is 3. The molecule has 0 saturated carbocycles. The number of rotatable bonds is 1. The zero-order valence-electron chi connectivity index (χ0n) is 9.55. The Morgan fingerprint density at radius 1 is 0.944 bits per heavy atom. The summed E-state index contributed by atoms with van der Waals surface area (Å²) < 4.78 is 38.8. The molecule has 0 heterocycles. The SMILES string of the molecule is Cc1cc(Cl)ccc1-c1ccccc1C(F)(F)F. The van der Waals surface area contributed by atoms with E-state index in [4.69, 9.17) is 11.6 Å². The predicted molar refractivity (Wildman–Crippen MR) is 66.6 cm³/mol. The number of aryl methyl sites for hydroxylation is 1. The third-order valence-electron chi connectivity index (χ3n) is 2.71. The Morgan fingerprint density at radius 2 is 1.61 bits per heavy atom. The van der Waals surface area contributed by atoms with Crippen LogP contribution in [0, 0.1) is 6.92 Å². The Balaban J connectivity index is 2.64. The van der Waals surface area contributed by atoms with Crippen LogP contribution in [0.4, 0.5) is 13.2 Å². The van der Waals surface area contributed by atoms with Gasteiger partial charge in [0, 0.05) is 5.02 Å². The van der Waals surface area contributed by atoms with Crippen LogP contribution in [0.25, 0.3) is 11.1 Å². The monoisotopic (exact) mass is 270 g/mol. The Hall–Kier alpha value is -1.48. The van der Waals surface area contributed by atoms with Crippen molar-refractivity contribution in [2.75, 3.05) is 0 Å². The Kier molecular flexibility index (Phi) is 3.35. The largest absolute Gasteiger partial charge is 0.417 e. The second-order valence-electron chi connectivity index (χ2n) is 4.00. The van der Waals surface area contributed by atoms with Crippen LogP contribution in [0.2, 0.25) is 5.02 Å². The third-order valence-corrected chi connectivity index (χ3v) is 2.95.